The fraction of sp³-hybridized carbons (Fsp3) is 0. The van der Waals surface area contributed by atoms with Crippen molar-refractivity contribution < 1.29 is 131 Å². The van der Waals surface area contributed by atoms with E-state index in [2.05, 4.69) is 0 Å². The van der Waals surface area contributed by atoms with Crippen LogP contribution in [0.4, 0.5) is 0 Å². The van der Waals surface area contributed by atoms with Crippen molar-refractivity contribution in [3.63, 3.8) is 0 Å². The summed E-state index contributed by atoms with van der Waals surface area (Å²) in [6.07, 6.45) is 0. The largest absolute Gasteiger partial charge is 1.00 e. The van der Waals surface area contributed by atoms with Gasteiger partial charge in [-0.05, 0) is 0 Å². The first-order chi connectivity index (χ1) is 2.64. The first kappa shape index (κ1) is 22.5. The SMILES string of the molecule is O.O=C(O)C(=O)O.[H-].[H-].[K+].[K+]. The fourth-order valence-corrected chi connectivity index (χ4v) is 0. The van der Waals surface area contributed by atoms with Gasteiger partial charge in [0.25, 0.3) is 0 Å². The van der Waals surface area contributed by atoms with E-state index in [0.29, 0.717) is 0 Å². The second-order valence-electron chi connectivity index (χ2n) is 0.610. The third-order valence-corrected chi connectivity index (χ3v) is 0.183. The van der Waals surface area contributed by atoms with Crippen LogP contribution in [0.5, 0.6) is 0 Å². The molecule has 0 unspecified atom stereocenters. The van der Waals surface area contributed by atoms with Crippen LogP contribution in [0.3, 0.4) is 0 Å². The van der Waals surface area contributed by atoms with Crippen LogP contribution in [-0.2, 0) is 9.59 Å². The van der Waals surface area contributed by atoms with Crippen LogP contribution >= 0.6 is 0 Å². The summed E-state index contributed by atoms with van der Waals surface area (Å²) >= 11 is 0. The topological polar surface area (TPSA) is 106 Å². The molecule has 0 aromatic rings. The molecule has 0 rings (SSSR count). The molecule has 5 nitrogen and oxygen atoms in total. The predicted octanol–water partition coefficient (Wildman–Crippen LogP) is -7.44. The Morgan fingerprint density at radius 1 is 1.00 bits per heavy atom. The van der Waals surface area contributed by atoms with Gasteiger partial charge in [0.15, 0.2) is 0 Å². The van der Waals surface area contributed by atoms with Crippen LogP contribution in [0.1, 0.15) is 2.85 Å². The molecule has 7 heteroatoms. The van der Waals surface area contributed by atoms with Crippen LogP contribution in [0, 0.1) is 0 Å². The first-order valence-electron chi connectivity index (χ1n) is 1.11. The average Bonchev–Trinajstić information content (AvgIpc) is 1.36. The maximum Gasteiger partial charge on any atom is 1.00 e. The summed E-state index contributed by atoms with van der Waals surface area (Å²) in [5.74, 6) is -3.65. The molecule has 0 spiro atoms. The van der Waals surface area contributed by atoms with Gasteiger partial charge in [-0.3, -0.25) is 0 Å². The zero-order valence-electron chi connectivity index (χ0n) is 7.21. The van der Waals surface area contributed by atoms with Crippen molar-refractivity contribution in [1.29, 1.82) is 0 Å². The van der Waals surface area contributed by atoms with Gasteiger partial charge < -0.3 is 18.5 Å². The quantitative estimate of drug-likeness (QED) is 0.291. The van der Waals surface area contributed by atoms with E-state index in [0.717, 1.165) is 0 Å². The maximum atomic E-state index is 9.10. The molecule has 0 amide bonds. The average molecular weight is 188 g/mol. The van der Waals surface area contributed by atoms with E-state index in [9.17, 15) is 0 Å². The number of rotatable bonds is 0. The molecule has 0 radical (unpaired) electrons. The zero-order valence-corrected chi connectivity index (χ0v) is 11.5. The van der Waals surface area contributed by atoms with Crippen molar-refractivity contribution in [1.82, 2.24) is 0 Å². The first-order valence-corrected chi connectivity index (χ1v) is 1.11. The molecule has 0 fully saturated rings. The molecule has 4 N–H and O–H groups in total. The number of hydrogen-bond donors (Lipinski definition) is 2. The minimum atomic E-state index is -1.82. The number of carboxylic acid groups (broad SMARTS) is 2. The predicted molar refractivity (Wildman–Crippen MR) is 21.1 cm³/mol. The Balaban J connectivity index is -0.0000000125. The van der Waals surface area contributed by atoms with Crippen molar-refractivity contribution >= 4 is 11.9 Å². The normalized spacial score (nSPS) is 4.89. The van der Waals surface area contributed by atoms with Gasteiger partial charge in [-0.25, -0.2) is 9.59 Å². The molecule has 0 atom stereocenters. The van der Waals surface area contributed by atoms with E-state index in [4.69, 9.17) is 19.8 Å². The van der Waals surface area contributed by atoms with E-state index in [1.807, 2.05) is 0 Å². The minimum absolute atomic E-state index is 0. The fourth-order valence-electron chi connectivity index (χ4n) is 0. The molecule has 0 aromatic heterocycles. The molecule has 0 aliphatic carbocycles. The summed E-state index contributed by atoms with van der Waals surface area (Å²) in [7, 11) is 0. The van der Waals surface area contributed by atoms with Crippen molar-refractivity contribution in [2.75, 3.05) is 0 Å². The van der Waals surface area contributed by atoms with Crippen LogP contribution < -0.4 is 103 Å². The van der Waals surface area contributed by atoms with Crippen LogP contribution in [0.2, 0.25) is 0 Å². The molecule has 46 valence electrons. The second kappa shape index (κ2) is 12.8. The van der Waals surface area contributed by atoms with E-state index in [-0.39, 0.29) is 111 Å². The smallest absolute Gasteiger partial charge is 1.00 e. The summed E-state index contributed by atoms with van der Waals surface area (Å²) in [6.45, 7) is 0. The summed E-state index contributed by atoms with van der Waals surface area (Å²) in [5.41, 5.74) is 0. The number of hydrogen-bond acceptors (Lipinski definition) is 2. The zero-order chi connectivity index (χ0) is 5.15. The molecule has 0 aromatic carbocycles. The van der Waals surface area contributed by atoms with E-state index in [1.54, 1.807) is 0 Å². The summed E-state index contributed by atoms with van der Waals surface area (Å²) in [6, 6.07) is 0. The Labute approximate surface area is 139 Å². The maximum absolute atomic E-state index is 9.10. The summed E-state index contributed by atoms with van der Waals surface area (Å²) in [5, 5.41) is 14.8. The Bertz CT molecular complexity index is 86.5. The molecule has 0 saturated carbocycles. The van der Waals surface area contributed by atoms with Gasteiger partial charge in [-0.15, -0.1) is 0 Å². The van der Waals surface area contributed by atoms with Crippen molar-refractivity contribution in [3.05, 3.63) is 0 Å². The third-order valence-electron chi connectivity index (χ3n) is 0.183. The molecular weight excluding hydrogens is 182 g/mol. The third kappa shape index (κ3) is 17.8. The Morgan fingerprint density at radius 3 is 1.11 bits per heavy atom. The summed E-state index contributed by atoms with van der Waals surface area (Å²) < 4.78 is 0. The summed E-state index contributed by atoms with van der Waals surface area (Å²) in [4.78, 5) is 18.2. The molecule has 9 heavy (non-hydrogen) atoms. The van der Waals surface area contributed by atoms with E-state index >= 15 is 0 Å². The molecular formula is C2H6K2O5. The van der Waals surface area contributed by atoms with Crippen molar-refractivity contribution in [2.24, 2.45) is 0 Å². The van der Waals surface area contributed by atoms with Gasteiger partial charge in [0.1, 0.15) is 0 Å². The molecule has 0 saturated heterocycles. The number of carboxylic acids is 2. The van der Waals surface area contributed by atoms with Crippen LogP contribution in [-0.4, -0.2) is 27.6 Å². The molecule has 0 aliphatic rings. The monoisotopic (exact) mass is 188 g/mol. The standard InChI is InChI=1S/C2H2O4.2K.H2O.2H/c3-1(4)2(5)6;;;;;/h(H,3,4)(H,5,6);;;1H2;;/q;2*+1;;2*-1. The minimum Gasteiger partial charge on any atom is -1.00 e. The van der Waals surface area contributed by atoms with Crippen molar-refractivity contribution in [2.45, 2.75) is 0 Å². The van der Waals surface area contributed by atoms with Gasteiger partial charge >= 0.3 is 115 Å². The van der Waals surface area contributed by atoms with Crippen LogP contribution in [0.15, 0.2) is 0 Å². The van der Waals surface area contributed by atoms with E-state index in [1.165, 1.54) is 0 Å². The van der Waals surface area contributed by atoms with Crippen molar-refractivity contribution in [3.8, 4) is 0 Å². The van der Waals surface area contributed by atoms with E-state index < -0.39 is 11.9 Å². The Kier molecular flexibility index (Phi) is 32.0. The number of carbonyl (C=O) groups is 2. The van der Waals surface area contributed by atoms with Gasteiger partial charge in [-0.1, -0.05) is 0 Å². The van der Waals surface area contributed by atoms with Crippen LogP contribution in [0.25, 0.3) is 0 Å². The van der Waals surface area contributed by atoms with Gasteiger partial charge in [0.2, 0.25) is 0 Å². The molecule has 0 aliphatic heterocycles. The second-order valence-corrected chi connectivity index (χ2v) is 0.610. The number of aliphatic carboxylic acids is 2. The van der Waals surface area contributed by atoms with Gasteiger partial charge in [0.05, 0.1) is 0 Å². The van der Waals surface area contributed by atoms with Gasteiger partial charge in [-0.2, -0.15) is 0 Å². The molecule has 0 bridgehead atoms. The Hall–Kier alpha value is 2.17. The Morgan fingerprint density at radius 2 is 1.11 bits per heavy atom. The van der Waals surface area contributed by atoms with Gasteiger partial charge in [0, 0.05) is 0 Å². The molecule has 0 heterocycles.